The third-order valence-corrected chi connectivity index (χ3v) is 4.66. The van der Waals surface area contributed by atoms with Crippen LogP contribution in [0.1, 0.15) is 88.2 Å². The van der Waals surface area contributed by atoms with Gasteiger partial charge in [0, 0.05) is 17.7 Å². The standard InChI is InChI=1S/C18H32N4/c1-4-5-6-7-8-9-10-11-12-13-14-17-19-20-18-15(2)16(3)21-22(17)18/h21H,4-14H2,1-3H3. The Bertz CT molecular complexity index is 553. The highest BCUT2D eigenvalue weighted by molar-refractivity contribution is 5.48. The van der Waals surface area contributed by atoms with E-state index in [1.54, 1.807) is 0 Å². The number of hydrogen-bond donors (Lipinski definition) is 1. The predicted octanol–water partition coefficient (Wildman–Crippen LogP) is 5.14. The van der Waals surface area contributed by atoms with Gasteiger partial charge in [0.15, 0.2) is 11.5 Å². The molecule has 2 aromatic heterocycles. The number of aromatic amines is 1. The van der Waals surface area contributed by atoms with Gasteiger partial charge in [0.2, 0.25) is 0 Å². The minimum Gasteiger partial charge on any atom is -0.295 e. The molecule has 124 valence electrons. The Morgan fingerprint density at radius 3 is 2.05 bits per heavy atom. The molecule has 0 fully saturated rings. The van der Waals surface area contributed by atoms with Crippen LogP contribution in [0.4, 0.5) is 0 Å². The van der Waals surface area contributed by atoms with E-state index >= 15 is 0 Å². The van der Waals surface area contributed by atoms with Crippen LogP contribution in [0.3, 0.4) is 0 Å². The molecule has 0 aliphatic carbocycles. The van der Waals surface area contributed by atoms with E-state index in [4.69, 9.17) is 0 Å². The Hall–Kier alpha value is -1.32. The number of aryl methyl sites for hydroxylation is 3. The van der Waals surface area contributed by atoms with Gasteiger partial charge in [-0.2, -0.15) is 0 Å². The molecule has 0 aliphatic heterocycles. The van der Waals surface area contributed by atoms with Gasteiger partial charge in [-0.1, -0.05) is 64.7 Å². The molecular weight excluding hydrogens is 272 g/mol. The summed E-state index contributed by atoms with van der Waals surface area (Å²) in [5.74, 6) is 1.07. The number of nitrogens with zero attached hydrogens (tertiary/aromatic N) is 3. The van der Waals surface area contributed by atoms with Crippen LogP contribution in [0.15, 0.2) is 0 Å². The van der Waals surface area contributed by atoms with E-state index < -0.39 is 0 Å². The molecule has 0 amide bonds. The molecule has 2 rings (SSSR count). The lowest BCUT2D eigenvalue weighted by atomic mass is 10.1. The van der Waals surface area contributed by atoms with Crippen LogP contribution in [0.2, 0.25) is 0 Å². The summed E-state index contributed by atoms with van der Waals surface area (Å²) < 4.78 is 2.05. The highest BCUT2D eigenvalue weighted by atomic mass is 15.4. The van der Waals surface area contributed by atoms with Crippen molar-refractivity contribution in [1.29, 1.82) is 0 Å². The summed E-state index contributed by atoms with van der Waals surface area (Å²) >= 11 is 0. The molecule has 22 heavy (non-hydrogen) atoms. The van der Waals surface area contributed by atoms with Gasteiger partial charge < -0.3 is 0 Å². The number of aromatic nitrogens is 4. The highest BCUT2D eigenvalue weighted by Gasteiger charge is 2.11. The molecule has 4 nitrogen and oxygen atoms in total. The molecule has 0 saturated heterocycles. The largest absolute Gasteiger partial charge is 0.295 e. The second-order valence-corrected chi connectivity index (χ2v) is 6.57. The Labute approximate surface area is 134 Å². The summed E-state index contributed by atoms with van der Waals surface area (Å²) in [6.07, 6.45) is 14.7. The van der Waals surface area contributed by atoms with Gasteiger partial charge in [-0.05, 0) is 20.3 Å². The van der Waals surface area contributed by atoms with E-state index in [1.165, 1.54) is 75.5 Å². The number of fused-ring (bicyclic) bond motifs is 1. The average molecular weight is 304 g/mol. The van der Waals surface area contributed by atoms with Crippen LogP contribution in [-0.2, 0) is 6.42 Å². The Morgan fingerprint density at radius 1 is 0.818 bits per heavy atom. The van der Waals surface area contributed by atoms with Gasteiger partial charge in [0.1, 0.15) is 0 Å². The lowest BCUT2D eigenvalue weighted by Crippen LogP contribution is -1.96. The second kappa shape index (κ2) is 8.96. The molecule has 2 aromatic rings. The van der Waals surface area contributed by atoms with E-state index in [0.29, 0.717) is 0 Å². The van der Waals surface area contributed by atoms with Gasteiger partial charge >= 0.3 is 0 Å². The molecular formula is C18H32N4. The lowest BCUT2D eigenvalue weighted by Gasteiger charge is -2.02. The maximum Gasteiger partial charge on any atom is 0.180 e. The van der Waals surface area contributed by atoms with Crippen LogP contribution < -0.4 is 0 Å². The Balaban J connectivity index is 1.57. The number of hydrogen-bond acceptors (Lipinski definition) is 2. The SMILES string of the molecule is CCCCCCCCCCCCc1nnc2c(C)c(C)[nH]n12. The van der Waals surface area contributed by atoms with E-state index in [9.17, 15) is 0 Å². The number of rotatable bonds is 11. The molecule has 0 bridgehead atoms. The first-order valence-electron chi connectivity index (χ1n) is 9.13. The molecule has 0 saturated carbocycles. The summed E-state index contributed by atoms with van der Waals surface area (Å²) in [6, 6.07) is 0. The zero-order valence-corrected chi connectivity index (χ0v) is 14.6. The Kier molecular flexibility index (Phi) is 6.94. The normalized spacial score (nSPS) is 11.6. The first-order chi connectivity index (χ1) is 10.7. The maximum absolute atomic E-state index is 4.31. The lowest BCUT2D eigenvalue weighted by molar-refractivity contribution is 0.553. The number of H-pyrrole nitrogens is 1. The van der Waals surface area contributed by atoms with E-state index in [-0.39, 0.29) is 0 Å². The smallest absolute Gasteiger partial charge is 0.180 e. The van der Waals surface area contributed by atoms with Crippen molar-refractivity contribution in [3.63, 3.8) is 0 Å². The molecule has 2 heterocycles. The first-order valence-corrected chi connectivity index (χ1v) is 9.13. The van der Waals surface area contributed by atoms with E-state index in [1.807, 2.05) is 0 Å². The van der Waals surface area contributed by atoms with Crippen molar-refractivity contribution in [3.8, 4) is 0 Å². The third-order valence-electron chi connectivity index (χ3n) is 4.66. The van der Waals surface area contributed by atoms with Crippen LogP contribution in [0.5, 0.6) is 0 Å². The number of unbranched alkanes of at least 4 members (excludes halogenated alkanes) is 9. The van der Waals surface area contributed by atoms with Gasteiger partial charge in [-0.15, -0.1) is 10.2 Å². The number of nitrogens with one attached hydrogen (secondary N) is 1. The van der Waals surface area contributed by atoms with Crippen molar-refractivity contribution in [1.82, 2.24) is 19.8 Å². The van der Waals surface area contributed by atoms with Gasteiger partial charge in [0.05, 0.1) is 0 Å². The van der Waals surface area contributed by atoms with Gasteiger partial charge in [0.25, 0.3) is 0 Å². The average Bonchev–Trinajstić information content (AvgIpc) is 3.03. The second-order valence-electron chi connectivity index (χ2n) is 6.57. The molecule has 1 N–H and O–H groups in total. The van der Waals surface area contributed by atoms with Crippen LogP contribution in [0.25, 0.3) is 5.65 Å². The predicted molar refractivity (Wildman–Crippen MR) is 92.4 cm³/mol. The topological polar surface area (TPSA) is 46.0 Å². The monoisotopic (exact) mass is 304 g/mol. The molecule has 4 heteroatoms. The fourth-order valence-corrected chi connectivity index (χ4v) is 3.03. The maximum atomic E-state index is 4.31. The fourth-order valence-electron chi connectivity index (χ4n) is 3.03. The minimum atomic E-state index is 0.986. The summed E-state index contributed by atoms with van der Waals surface area (Å²) in [5.41, 5.74) is 3.38. The molecule has 0 atom stereocenters. The van der Waals surface area contributed by atoms with Gasteiger partial charge in [-0.3, -0.25) is 5.10 Å². The van der Waals surface area contributed by atoms with Crippen molar-refractivity contribution >= 4 is 5.65 Å². The fraction of sp³-hybridized carbons (Fsp3) is 0.778. The van der Waals surface area contributed by atoms with E-state index in [2.05, 4.69) is 40.6 Å². The third kappa shape index (κ3) is 4.59. The molecule has 0 aliphatic rings. The van der Waals surface area contributed by atoms with Crippen molar-refractivity contribution in [2.75, 3.05) is 0 Å². The first kappa shape index (κ1) is 17.0. The summed E-state index contributed by atoms with van der Waals surface area (Å²) in [5, 5.41) is 12.0. The van der Waals surface area contributed by atoms with Gasteiger partial charge in [-0.25, -0.2) is 4.52 Å². The molecule has 0 spiro atoms. The minimum absolute atomic E-state index is 0.986. The summed E-state index contributed by atoms with van der Waals surface area (Å²) in [7, 11) is 0. The molecule has 0 unspecified atom stereocenters. The van der Waals surface area contributed by atoms with Crippen molar-refractivity contribution < 1.29 is 0 Å². The van der Waals surface area contributed by atoms with Crippen molar-refractivity contribution in [3.05, 3.63) is 17.1 Å². The van der Waals surface area contributed by atoms with Crippen LogP contribution >= 0.6 is 0 Å². The van der Waals surface area contributed by atoms with Crippen LogP contribution in [0, 0.1) is 13.8 Å². The summed E-state index contributed by atoms with van der Waals surface area (Å²) in [6.45, 7) is 6.47. The zero-order valence-electron chi connectivity index (χ0n) is 14.6. The Morgan fingerprint density at radius 2 is 1.41 bits per heavy atom. The van der Waals surface area contributed by atoms with Crippen molar-refractivity contribution in [2.45, 2.75) is 91.4 Å². The molecule has 0 radical (unpaired) electrons. The summed E-state index contributed by atoms with van der Waals surface area (Å²) in [4.78, 5) is 0. The zero-order chi connectivity index (χ0) is 15.8. The van der Waals surface area contributed by atoms with Crippen LogP contribution in [-0.4, -0.2) is 19.8 Å². The quantitative estimate of drug-likeness (QED) is 0.584. The molecule has 0 aromatic carbocycles. The van der Waals surface area contributed by atoms with E-state index in [0.717, 1.165) is 17.9 Å². The highest BCUT2D eigenvalue weighted by Crippen LogP contribution is 2.15. The van der Waals surface area contributed by atoms with Crippen molar-refractivity contribution in [2.24, 2.45) is 0 Å².